The van der Waals surface area contributed by atoms with Crippen molar-refractivity contribution in [3.8, 4) is 27.3 Å². The molecule has 2 aromatic heterocycles. The van der Waals surface area contributed by atoms with Crippen LogP contribution in [-0.4, -0.2) is 17.1 Å². The molecule has 0 spiro atoms. The molecule has 0 bridgehead atoms. The molecule has 0 radical (unpaired) electrons. The van der Waals surface area contributed by atoms with Crippen LogP contribution in [0.2, 0.25) is 0 Å². The fourth-order valence-corrected chi connectivity index (χ4v) is 4.03. The SMILES string of the molecule is COc1ccc(C)c(Nc2ncc(-c3cccc(-c4c(C)cc[nH]c4=O)c3)s2)c1. The van der Waals surface area contributed by atoms with Crippen molar-refractivity contribution in [3.05, 3.63) is 82.4 Å². The second-order valence-electron chi connectivity index (χ2n) is 6.78. The summed E-state index contributed by atoms with van der Waals surface area (Å²) in [5.41, 5.74) is 5.57. The highest BCUT2D eigenvalue weighted by Gasteiger charge is 2.11. The van der Waals surface area contributed by atoms with Crippen molar-refractivity contribution in [1.29, 1.82) is 0 Å². The second kappa shape index (κ2) is 7.93. The average Bonchev–Trinajstić information content (AvgIpc) is 3.18. The summed E-state index contributed by atoms with van der Waals surface area (Å²) in [4.78, 5) is 20.6. The van der Waals surface area contributed by atoms with E-state index in [9.17, 15) is 4.79 Å². The van der Waals surface area contributed by atoms with E-state index in [0.29, 0.717) is 5.56 Å². The third-order valence-corrected chi connectivity index (χ3v) is 5.76. The first-order chi connectivity index (χ1) is 14.0. The van der Waals surface area contributed by atoms with Gasteiger partial charge < -0.3 is 15.0 Å². The molecule has 0 unspecified atom stereocenters. The molecule has 2 aromatic carbocycles. The van der Waals surface area contributed by atoms with E-state index in [-0.39, 0.29) is 5.56 Å². The number of pyridine rings is 1. The van der Waals surface area contributed by atoms with Crippen LogP contribution in [0, 0.1) is 13.8 Å². The Hall–Kier alpha value is -3.38. The van der Waals surface area contributed by atoms with Crippen molar-refractivity contribution >= 4 is 22.2 Å². The van der Waals surface area contributed by atoms with Crippen LogP contribution < -0.4 is 15.6 Å². The molecule has 6 heteroatoms. The maximum atomic E-state index is 12.3. The number of benzene rings is 2. The van der Waals surface area contributed by atoms with Crippen molar-refractivity contribution in [2.45, 2.75) is 13.8 Å². The van der Waals surface area contributed by atoms with E-state index in [4.69, 9.17) is 4.74 Å². The summed E-state index contributed by atoms with van der Waals surface area (Å²) in [5, 5.41) is 4.18. The van der Waals surface area contributed by atoms with Gasteiger partial charge in [-0.05, 0) is 54.3 Å². The third kappa shape index (κ3) is 3.93. The maximum absolute atomic E-state index is 12.3. The van der Waals surface area contributed by atoms with E-state index in [2.05, 4.69) is 15.3 Å². The third-order valence-electron chi connectivity index (χ3n) is 4.80. The van der Waals surface area contributed by atoms with Crippen LogP contribution in [0.5, 0.6) is 5.75 Å². The number of thiazole rings is 1. The zero-order valence-electron chi connectivity index (χ0n) is 16.4. The lowest BCUT2D eigenvalue weighted by molar-refractivity contribution is 0.415. The maximum Gasteiger partial charge on any atom is 0.256 e. The van der Waals surface area contributed by atoms with E-state index in [1.807, 2.05) is 68.6 Å². The quantitative estimate of drug-likeness (QED) is 0.459. The number of methoxy groups -OCH3 is 1. The highest BCUT2D eigenvalue weighted by atomic mass is 32.1. The summed E-state index contributed by atoms with van der Waals surface area (Å²) in [6.45, 7) is 3.99. The first kappa shape index (κ1) is 19.0. The molecule has 29 heavy (non-hydrogen) atoms. The fourth-order valence-electron chi connectivity index (χ4n) is 3.21. The number of nitrogens with one attached hydrogen (secondary N) is 2. The van der Waals surface area contributed by atoms with Crippen LogP contribution in [0.15, 0.2) is 65.7 Å². The molecular weight excluding hydrogens is 382 g/mol. The lowest BCUT2D eigenvalue weighted by Gasteiger charge is -2.09. The number of aromatic amines is 1. The van der Waals surface area contributed by atoms with E-state index in [1.165, 1.54) is 0 Å². The normalized spacial score (nSPS) is 10.7. The smallest absolute Gasteiger partial charge is 0.256 e. The molecule has 0 amide bonds. The number of ether oxygens (including phenoxy) is 1. The van der Waals surface area contributed by atoms with E-state index in [1.54, 1.807) is 24.6 Å². The predicted octanol–water partition coefficient (Wildman–Crippen LogP) is 5.53. The minimum Gasteiger partial charge on any atom is -0.497 e. The lowest BCUT2D eigenvalue weighted by atomic mass is 10.0. The summed E-state index contributed by atoms with van der Waals surface area (Å²) in [6.07, 6.45) is 3.52. The minimum atomic E-state index is -0.0812. The van der Waals surface area contributed by atoms with Gasteiger partial charge in [0.2, 0.25) is 0 Å². The summed E-state index contributed by atoms with van der Waals surface area (Å²) < 4.78 is 5.31. The number of hydrogen-bond acceptors (Lipinski definition) is 5. The van der Waals surface area contributed by atoms with Crippen LogP contribution in [-0.2, 0) is 0 Å². The van der Waals surface area contributed by atoms with Crippen molar-refractivity contribution in [1.82, 2.24) is 9.97 Å². The summed E-state index contributed by atoms with van der Waals surface area (Å²) in [5.74, 6) is 0.797. The van der Waals surface area contributed by atoms with Crippen LogP contribution in [0.25, 0.3) is 21.6 Å². The molecule has 0 aliphatic heterocycles. The molecule has 4 aromatic rings. The highest BCUT2D eigenvalue weighted by Crippen LogP contribution is 2.34. The molecule has 0 aliphatic carbocycles. The molecule has 5 nitrogen and oxygen atoms in total. The van der Waals surface area contributed by atoms with Crippen molar-refractivity contribution < 1.29 is 4.74 Å². The van der Waals surface area contributed by atoms with Gasteiger partial charge >= 0.3 is 0 Å². The number of aryl methyl sites for hydroxylation is 2. The van der Waals surface area contributed by atoms with Gasteiger partial charge in [0.25, 0.3) is 5.56 Å². The molecule has 146 valence electrons. The number of H-pyrrole nitrogens is 1. The number of nitrogens with zero attached hydrogens (tertiary/aromatic N) is 1. The van der Waals surface area contributed by atoms with E-state index < -0.39 is 0 Å². The predicted molar refractivity (Wildman–Crippen MR) is 119 cm³/mol. The molecule has 0 saturated carbocycles. The fraction of sp³-hybridized carbons (Fsp3) is 0.130. The first-order valence-corrected chi connectivity index (χ1v) is 10.0. The number of aromatic nitrogens is 2. The second-order valence-corrected chi connectivity index (χ2v) is 7.81. The Morgan fingerprint density at radius 1 is 1.03 bits per heavy atom. The monoisotopic (exact) mass is 403 g/mol. The van der Waals surface area contributed by atoms with E-state index in [0.717, 1.165) is 43.7 Å². The van der Waals surface area contributed by atoms with Crippen LogP contribution in [0.4, 0.5) is 10.8 Å². The standard InChI is InChI=1S/C23H21N3O2S/c1-14-7-8-18(28-3)12-19(14)26-23-25-13-20(29-23)16-5-4-6-17(11-16)21-15(2)9-10-24-22(21)27/h4-13H,1-3H3,(H,24,27)(H,25,26). The molecule has 0 aliphatic rings. The summed E-state index contributed by atoms with van der Waals surface area (Å²) in [6, 6.07) is 15.8. The summed E-state index contributed by atoms with van der Waals surface area (Å²) >= 11 is 1.57. The van der Waals surface area contributed by atoms with Crippen molar-refractivity contribution in [2.75, 3.05) is 12.4 Å². The van der Waals surface area contributed by atoms with Crippen molar-refractivity contribution in [2.24, 2.45) is 0 Å². The zero-order chi connectivity index (χ0) is 20.4. The Morgan fingerprint density at radius 3 is 2.66 bits per heavy atom. The summed E-state index contributed by atoms with van der Waals surface area (Å²) in [7, 11) is 1.66. The van der Waals surface area contributed by atoms with E-state index >= 15 is 0 Å². The Kier molecular flexibility index (Phi) is 5.18. The van der Waals surface area contributed by atoms with Crippen molar-refractivity contribution in [3.63, 3.8) is 0 Å². The highest BCUT2D eigenvalue weighted by molar-refractivity contribution is 7.18. The van der Waals surface area contributed by atoms with Gasteiger partial charge in [0, 0.05) is 29.7 Å². The molecule has 0 atom stereocenters. The van der Waals surface area contributed by atoms with Gasteiger partial charge in [-0.25, -0.2) is 4.98 Å². The van der Waals surface area contributed by atoms with Gasteiger partial charge in [0.15, 0.2) is 5.13 Å². The van der Waals surface area contributed by atoms with Gasteiger partial charge in [0.1, 0.15) is 5.75 Å². The molecular formula is C23H21N3O2S. The average molecular weight is 404 g/mol. The van der Waals surface area contributed by atoms with Gasteiger partial charge in [-0.3, -0.25) is 4.79 Å². The van der Waals surface area contributed by atoms with Gasteiger partial charge in [-0.2, -0.15) is 0 Å². The molecule has 0 saturated heterocycles. The molecule has 2 heterocycles. The van der Waals surface area contributed by atoms with Crippen LogP contribution >= 0.6 is 11.3 Å². The largest absolute Gasteiger partial charge is 0.497 e. The Morgan fingerprint density at radius 2 is 1.86 bits per heavy atom. The number of rotatable bonds is 5. The Balaban J connectivity index is 1.65. The van der Waals surface area contributed by atoms with Crippen LogP contribution in [0.1, 0.15) is 11.1 Å². The lowest BCUT2D eigenvalue weighted by Crippen LogP contribution is -2.09. The zero-order valence-corrected chi connectivity index (χ0v) is 17.3. The molecule has 0 fully saturated rings. The topological polar surface area (TPSA) is 67.0 Å². The van der Waals surface area contributed by atoms with Gasteiger partial charge in [0.05, 0.1) is 12.0 Å². The van der Waals surface area contributed by atoms with Gasteiger partial charge in [-0.15, -0.1) is 0 Å². The number of anilines is 2. The Labute approximate surface area is 173 Å². The molecule has 4 rings (SSSR count). The molecule has 2 N–H and O–H groups in total. The van der Waals surface area contributed by atoms with Gasteiger partial charge in [-0.1, -0.05) is 35.6 Å². The minimum absolute atomic E-state index is 0.0812. The Bertz CT molecular complexity index is 1230. The number of hydrogen-bond donors (Lipinski definition) is 2. The first-order valence-electron chi connectivity index (χ1n) is 9.22. The van der Waals surface area contributed by atoms with Crippen LogP contribution in [0.3, 0.4) is 0 Å².